The molecule has 2 heteroatoms. The van der Waals surface area contributed by atoms with Gasteiger partial charge in [-0.3, -0.25) is 0 Å². The molecular formula is C39H29NO. The summed E-state index contributed by atoms with van der Waals surface area (Å²) >= 11 is 0. The van der Waals surface area contributed by atoms with Gasteiger partial charge in [0.15, 0.2) is 0 Å². The Morgan fingerprint density at radius 3 is 2.10 bits per heavy atom. The van der Waals surface area contributed by atoms with Crippen molar-refractivity contribution >= 4 is 39.0 Å². The van der Waals surface area contributed by atoms with Crippen LogP contribution in [0.5, 0.6) is 0 Å². The maximum Gasteiger partial charge on any atom is 0.143 e. The Morgan fingerprint density at radius 2 is 1.20 bits per heavy atom. The van der Waals surface area contributed by atoms with Crippen LogP contribution >= 0.6 is 0 Å². The van der Waals surface area contributed by atoms with E-state index in [1.165, 1.54) is 39.3 Å². The van der Waals surface area contributed by atoms with E-state index in [0.29, 0.717) is 0 Å². The molecule has 0 saturated carbocycles. The summed E-state index contributed by atoms with van der Waals surface area (Å²) < 4.78 is 6.37. The first-order valence-corrected chi connectivity index (χ1v) is 14.2. The van der Waals surface area contributed by atoms with Gasteiger partial charge in [0, 0.05) is 27.4 Å². The fourth-order valence-corrected chi connectivity index (χ4v) is 6.58. The predicted octanol–water partition coefficient (Wildman–Crippen LogP) is 11.0. The smallest absolute Gasteiger partial charge is 0.143 e. The zero-order valence-corrected chi connectivity index (χ0v) is 23.1. The Balaban J connectivity index is 1.28. The molecule has 0 saturated heterocycles. The van der Waals surface area contributed by atoms with Crippen molar-refractivity contribution in [3.8, 4) is 22.3 Å². The summed E-state index contributed by atoms with van der Waals surface area (Å²) in [6.07, 6.45) is 0. The summed E-state index contributed by atoms with van der Waals surface area (Å²) in [4.78, 5) is 2.40. The van der Waals surface area contributed by atoms with Crippen molar-refractivity contribution in [2.24, 2.45) is 0 Å². The number of benzene rings is 6. The molecule has 1 aliphatic heterocycles. The van der Waals surface area contributed by atoms with Gasteiger partial charge in [0.05, 0.1) is 11.4 Å². The predicted molar refractivity (Wildman–Crippen MR) is 171 cm³/mol. The molecule has 41 heavy (non-hydrogen) atoms. The molecule has 0 radical (unpaired) electrons. The lowest BCUT2D eigenvalue weighted by Crippen LogP contribution is -2.30. The third-order valence-corrected chi connectivity index (χ3v) is 8.65. The summed E-state index contributed by atoms with van der Waals surface area (Å²) in [5.41, 5.74) is 12.7. The van der Waals surface area contributed by atoms with Crippen LogP contribution in [0.15, 0.2) is 144 Å². The van der Waals surface area contributed by atoms with Gasteiger partial charge < -0.3 is 9.32 Å². The highest BCUT2D eigenvalue weighted by molar-refractivity contribution is 6.09. The Hall–Kier alpha value is -5.08. The number of nitrogens with zero attached hydrogens (tertiary/aromatic N) is 1. The van der Waals surface area contributed by atoms with E-state index in [0.717, 1.165) is 33.1 Å². The van der Waals surface area contributed by atoms with Gasteiger partial charge in [-0.15, -0.1) is 0 Å². The van der Waals surface area contributed by atoms with Gasteiger partial charge >= 0.3 is 0 Å². The van der Waals surface area contributed by atoms with Crippen molar-refractivity contribution in [3.05, 3.63) is 151 Å². The van der Waals surface area contributed by atoms with E-state index in [-0.39, 0.29) is 5.41 Å². The van der Waals surface area contributed by atoms with E-state index in [4.69, 9.17) is 4.42 Å². The van der Waals surface area contributed by atoms with Gasteiger partial charge in [0.25, 0.3) is 0 Å². The molecule has 0 amide bonds. The zero-order valence-electron chi connectivity index (χ0n) is 23.1. The molecule has 6 aromatic carbocycles. The number of rotatable bonds is 3. The Kier molecular flexibility index (Phi) is 5.20. The summed E-state index contributed by atoms with van der Waals surface area (Å²) in [6.45, 7) is 4.69. The molecule has 0 unspecified atom stereocenters. The van der Waals surface area contributed by atoms with Gasteiger partial charge in [0.2, 0.25) is 0 Å². The molecule has 0 fully saturated rings. The van der Waals surface area contributed by atoms with E-state index in [9.17, 15) is 0 Å². The lowest BCUT2D eigenvalue weighted by atomic mass is 9.73. The highest BCUT2D eigenvalue weighted by atomic mass is 16.3. The topological polar surface area (TPSA) is 16.4 Å². The first-order chi connectivity index (χ1) is 20.1. The monoisotopic (exact) mass is 527 g/mol. The molecule has 0 atom stereocenters. The second-order valence-electron chi connectivity index (χ2n) is 11.4. The van der Waals surface area contributed by atoms with E-state index in [1.54, 1.807) is 0 Å². The third kappa shape index (κ3) is 3.64. The molecule has 7 aromatic rings. The van der Waals surface area contributed by atoms with Crippen molar-refractivity contribution in [1.82, 2.24) is 0 Å². The highest BCUT2D eigenvalue weighted by Crippen LogP contribution is 2.52. The highest BCUT2D eigenvalue weighted by Gasteiger charge is 2.36. The Bertz CT molecular complexity index is 2080. The van der Waals surface area contributed by atoms with Crippen LogP contribution in [0, 0.1) is 0 Å². The zero-order chi connectivity index (χ0) is 27.6. The molecule has 196 valence electrons. The van der Waals surface area contributed by atoms with Crippen molar-refractivity contribution in [2.45, 2.75) is 19.3 Å². The van der Waals surface area contributed by atoms with Crippen LogP contribution in [-0.2, 0) is 5.41 Å². The number of fused-ring (bicyclic) bond motifs is 5. The lowest BCUT2D eigenvalue weighted by molar-refractivity contribution is 0.632. The summed E-state index contributed by atoms with van der Waals surface area (Å²) in [6, 6.07) is 50.0. The van der Waals surface area contributed by atoms with Crippen LogP contribution < -0.4 is 4.90 Å². The molecule has 8 rings (SSSR count). The maximum atomic E-state index is 6.37. The van der Waals surface area contributed by atoms with E-state index in [1.807, 2.05) is 12.1 Å². The van der Waals surface area contributed by atoms with E-state index < -0.39 is 0 Å². The van der Waals surface area contributed by atoms with Gasteiger partial charge in [-0.2, -0.15) is 0 Å². The number of hydrogen-bond acceptors (Lipinski definition) is 2. The molecule has 0 spiro atoms. The summed E-state index contributed by atoms with van der Waals surface area (Å²) in [7, 11) is 0. The average Bonchev–Trinajstić information content (AvgIpc) is 3.41. The number of furan rings is 1. The van der Waals surface area contributed by atoms with Gasteiger partial charge in [-0.25, -0.2) is 0 Å². The van der Waals surface area contributed by atoms with Crippen LogP contribution in [0.1, 0.15) is 25.0 Å². The number of hydrogen-bond donors (Lipinski definition) is 0. The first kappa shape index (κ1) is 23.8. The van der Waals surface area contributed by atoms with Crippen LogP contribution in [0.4, 0.5) is 17.1 Å². The minimum atomic E-state index is -0.148. The minimum absolute atomic E-state index is 0.148. The normalized spacial score (nSPS) is 13.8. The summed E-state index contributed by atoms with van der Waals surface area (Å²) in [5, 5.41) is 2.30. The van der Waals surface area contributed by atoms with Gasteiger partial charge in [-0.05, 0) is 70.3 Å². The summed E-state index contributed by atoms with van der Waals surface area (Å²) in [5.74, 6) is 0. The van der Waals surface area contributed by atoms with Crippen LogP contribution in [0.2, 0.25) is 0 Å². The fraction of sp³-hybridized carbons (Fsp3) is 0.0769. The lowest BCUT2D eigenvalue weighted by Gasteiger charge is -2.42. The van der Waals surface area contributed by atoms with Gasteiger partial charge in [-0.1, -0.05) is 111 Å². The SMILES string of the molecule is CC1(C)c2ccccc2N(c2ccccc2)c2ccc(-c3cccc(-c4cccc5c4oc4ccccc45)c3)cc21. The largest absolute Gasteiger partial charge is 0.455 e. The molecule has 2 heterocycles. The Labute approximate surface area is 240 Å². The van der Waals surface area contributed by atoms with E-state index in [2.05, 4.69) is 146 Å². The molecule has 1 aliphatic rings. The van der Waals surface area contributed by atoms with Crippen LogP contribution in [-0.4, -0.2) is 0 Å². The molecule has 2 nitrogen and oxygen atoms in total. The van der Waals surface area contributed by atoms with Crippen LogP contribution in [0.25, 0.3) is 44.2 Å². The molecule has 1 aromatic heterocycles. The molecule has 0 aliphatic carbocycles. The molecule has 0 N–H and O–H groups in total. The quantitative estimate of drug-likeness (QED) is 0.227. The second kappa shape index (κ2) is 8.97. The van der Waals surface area contributed by atoms with Gasteiger partial charge in [0.1, 0.15) is 11.2 Å². The average molecular weight is 528 g/mol. The van der Waals surface area contributed by atoms with Crippen molar-refractivity contribution in [1.29, 1.82) is 0 Å². The number of para-hydroxylation sites is 4. The Morgan fingerprint density at radius 1 is 0.512 bits per heavy atom. The maximum absolute atomic E-state index is 6.37. The van der Waals surface area contributed by atoms with Crippen molar-refractivity contribution < 1.29 is 4.42 Å². The third-order valence-electron chi connectivity index (χ3n) is 8.65. The minimum Gasteiger partial charge on any atom is -0.455 e. The van der Waals surface area contributed by atoms with E-state index >= 15 is 0 Å². The van der Waals surface area contributed by atoms with Crippen molar-refractivity contribution in [2.75, 3.05) is 4.90 Å². The first-order valence-electron chi connectivity index (χ1n) is 14.2. The molecule has 0 bridgehead atoms. The molecular weight excluding hydrogens is 498 g/mol. The fourth-order valence-electron chi connectivity index (χ4n) is 6.58. The second-order valence-corrected chi connectivity index (χ2v) is 11.4. The van der Waals surface area contributed by atoms with Crippen LogP contribution in [0.3, 0.4) is 0 Å². The van der Waals surface area contributed by atoms with Crippen molar-refractivity contribution in [3.63, 3.8) is 0 Å². The standard InChI is InChI=1S/C39H29NO/c1-39(2)33-19-7-8-20-35(33)40(29-14-4-3-5-15-29)36-23-22-27(25-34(36)39)26-12-10-13-28(24-26)30-17-11-18-32-31-16-6-9-21-37(31)41-38(30)32/h3-25H,1-2H3. The number of anilines is 3.